The summed E-state index contributed by atoms with van der Waals surface area (Å²) in [5.74, 6) is -0.182. The van der Waals surface area contributed by atoms with Gasteiger partial charge >= 0.3 is 0 Å². The van der Waals surface area contributed by atoms with Crippen molar-refractivity contribution in [2.24, 2.45) is 7.05 Å². The highest BCUT2D eigenvalue weighted by molar-refractivity contribution is 7.15. The minimum Gasteiger partial charge on any atom is -0.346 e. The summed E-state index contributed by atoms with van der Waals surface area (Å²) >= 11 is 2.96. The quantitative estimate of drug-likeness (QED) is 0.573. The van der Waals surface area contributed by atoms with E-state index in [1.165, 1.54) is 11.3 Å². The number of aromatic nitrogens is 4. The molecule has 0 aliphatic heterocycles. The van der Waals surface area contributed by atoms with E-state index in [-0.39, 0.29) is 5.91 Å². The molecule has 130 valence electrons. The van der Waals surface area contributed by atoms with E-state index in [0.717, 1.165) is 27.4 Å². The van der Waals surface area contributed by atoms with Crippen LogP contribution in [-0.2, 0) is 13.6 Å². The second-order valence-corrected chi connectivity index (χ2v) is 7.42. The first-order chi connectivity index (χ1) is 12.7. The molecule has 4 heterocycles. The van der Waals surface area contributed by atoms with Gasteiger partial charge in [-0.25, -0.2) is 4.98 Å². The van der Waals surface area contributed by atoms with E-state index >= 15 is 0 Å². The largest absolute Gasteiger partial charge is 0.346 e. The van der Waals surface area contributed by atoms with Gasteiger partial charge in [-0.2, -0.15) is 5.10 Å². The number of carbonyl (C=O) groups excluding carboxylic acids is 1. The highest BCUT2D eigenvalue weighted by Crippen LogP contribution is 2.26. The number of amides is 1. The lowest BCUT2D eigenvalue weighted by Crippen LogP contribution is -2.23. The number of pyridine rings is 1. The second-order valence-electron chi connectivity index (χ2n) is 5.61. The Labute approximate surface area is 158 Å². The zero-order valence-electron chi connectivity index (χ0n) is 13.9. The maximum atomic E-state index is 12.5. The van der Waals surface area contributed by atoms with Crippen LogP contribution in [0.25, 0.3) is 21.8 Å². The van der Waals surface area contributed by atoms with Crippen LogP contribution in [0.15, 0.2) is 53.6 Å². The van der Waals surface area contributed by atoms with Crippen LogP contribution in [0.1, 0.15) is 15.4 Å². The van der Waals surface area contributed by atoms with Crippen molar-refractivity contribution in [3.05, 3.63) is 64.2 Å². The molecule has 0 fully saturated rings. The van der Waals surface area contributed by atoms with Gasteiger partial charge in [0.2, 0.25) is 0 Å². The second kappa shape index (κ2) is 7.19. The highest BCUT2D eigenvalue weighted by Gasteiger charge is 2.14. The smallest absolute Gasteiger partial charge is 0.280 e. The number of hydrogen-bond donors (Lipinski definition) is 1. The summed E-state index contributed by atoms with van der Waals surface area (Å²) in [5, 5.41) is 11.5. The van der Waals surface area contributed by atoms with Gasteiger partial charge in [0.1, 0.15) is 0 Å². The van der Waals surface area contributed by atoms with E-state index in [9.17, 15) is 4.79 Å². The SMILES string of the molecule is Cn1cc(-c2ncccc2CNC(=O)c2nc(-c3cccs3)cs2)cn1. The van der Waals surface area contributed by atoms with Gasteiger partial charge in [-0.15, -0.1) is 22.7 Å². The lowest BCUT2D eigenvalue weighted by molar-refractivity contribution is 0.0950. The van der Waals surface area contributed by atoms with E-state index in [1.54, 1.807) is 28.4 Å². The Kier molecular flexibility index (Phi) is 4.59. The van der Waals surface area contributed by atoms with Crippen LogP contribution >= 0.6 is 22.7 Å². The van der Waals surface area contributed by atoms with E-state index in [4.69, 9.17) is 0 Å². The predicted molar refractivity (Wildman–Crippen MR) is 103 cm³/mol. The molecular weight excluding hydrogens is 366 g/mol. The fraction of sp³-hybridized carbons (Fsp3) is 0.111. The molecule has 0 unspecified atom stereocenters. The minimum atomic E-state index is -0.182. The van der Waals surface area contributed by atoms with Crippen molar-refractivity contribution < 1.29 is 4.79 Å². The number of aryl methyl sites for hydroxylation is 1. The first kappa shape index (κ1) is 16.6. The molecular formula is C18H15N5OS2. The molecule has 0 saturated heterocycles. The summed E-state index contributed by atoms with van der Waals surface area (Å²) in [5.41, 5.74) is 3.52. The van der Waals surface area contributed by atoms with Gasteiger partial charge < -0.3 is 5.32 Å². The number of thiazole rings is 1. The topological polar surface area (TPSA) is 72.7 Å². The van der Waals surface area contributed by atoms with Gasteiger partial charge in [-0.05, 0) is 23.1 Å². The van der Waals surface area contributed by atoms with Crippen LogP contribution in [0.4, 0.5) is 0 Å². The number of carbonyl (C=O) groups is 1. The van der Waals surface area contributed by atoms with Crippen LogP contribution in [-0.4, -0.2) is 25.7 Å². The van der Waals surface area contributed by atoms with Crippen molar-refractivity contribution in [1.82, 2.24) is 25.1 Å². The molecule has 0 radical (unpaired) electrons. The van der Waals surface area contributed by atoms with Crippen molar-refractivity contribution in [2.45, 2.75) is 6.54 Å². The molecule has 0 spiro atoms. The number of nitrogens with one attached hydrogen (secondary N) is 1. The molecule has 0 bridgehead atoms. The molecule has 1 N–H and O–H groups in total. The van der Waals surface area contributed by atoms with E-state index in [2.05, 4.69) is 20.4 Å². The van der Waals surface area contributed by atoms with Crippen molar-refractivity contribution >= 4 is 28.6 Å². The Balaban J connectivity index is 1.49. The zero-order valence-corrected chi connectivity index (χ0v) is 15.5. The first-order valence-electron chi connectivity index (χ1n) is 7.91. The van der Waals surface area contributed by atoms with Crippen LogP contribution in [0, 0.1) is 0 Å². The molecule has 4 rings (SSSR count). The van der Waals surface area contributed by atoms with E-state index in [0.29, 0.717) is 11.6 Å². The van der Waals surface area contributed by atoms with Crippen molar-refractivity contribution in [3.63, 3.8) is 0 Å². The molecule has 0 aliphatic rings. The lowest BCUT2D eigenvalue weighted by Gasteiger charge is -2.07. The number of rotatable bonds is 5. The van der Waals surface area contributed by atoms with Crippen LogP contribution < -0.4 is 5.32 Å². The lowest BCUT2D eigenvalue weighted by atomic mass is 10.1. The molecule has 1 amide bonds. The summed E-state index contributed by atoms with van der Waals surface area (Å²) in [6.07, 6.45) is 5.41. The van der Waals surface area contributed by atoms with Gasteiger partial charge in [-0.1, -0.05) is 12.1 Å². The Morgan fingerprint density at radius 1 is 1.27 bits per heavy atom. The summed E-state index contributed by atoms with van der Waals surface area (Å²) < 4.78 is 1.73. The normalized spacial score (nSPS) is 10.8. The Morgan fingerprint density at radius 3 is 2.96 bits per heavy atom. The molecule has 6 nitrogen and oxygen atoms in total. The van der Waals surface area contributed by atoms with Gasteiger partial charge in [-0.3, -0.25) is 14.5 Å². The van der Waals surface area contributed by atoms with E-state index < -0.39 is 0 Å². The fourth-order valence-electron chi connectivity index (χ4n) is 2.55. The van der Waals surface area contributed by atoms with Crippen LogP contribution in [0.3, 0.4) is 0 Å². The van der Waals surface area contributed by atoms with Gasteiger partial charge in [0.25, 0.3) is 5.91 Å². The molecule has 0 saturated carbocycles. The van der Waals surface area contributed by atoms with Crippen molar-refractivity contribution in [3.8, 4) is 21.8 Å². The van der Waals surface area contributed by atoms with Gasteiger partial charge in [0.05, 0.1) is 22.5 Å². The fourth-order valence-corrected chi connectivity index (χ4v) is 4.05. The summed E-state index contributed by atoms with van der Waals surface area (Å²) in [6, 6.07) is 7.78. The van der Waals surface area contributed by atoms with Crippen LogP contribution in [0.2, 0.25) is 0 Å². The maximum absolute atomic E-state index is 12.5. The highest BCUT2D eigenvalue weighted by atomic mass is 32.1. The Bertz CT molecular complexity index is 1040. The van der Waals surface area contributed by atoms with Gasteiger partial charge in [0, 0.05) is 36.9 Å². The maximum Gasteiger partial charge on any atom is 0.280 e. The molecule has 0 aliphatic carbocycles. The summed E-state index contributed by atoms with van der Waals surface area (Å²) in [6.45, 7) is 0.380. The first-order valence-corrected chi connectivity index (χ1v) is 9.67. The predicted octanol–water partition coefficient (Wildman–Crippen LogP) is 3.60. The third-order valence-electron chi connectivity index (χ3n) is 3.78. The number of thiophene rings is 1. The van der Waals surface area contributed by atoms with E-state index in [1.807, 2.05) is 48.3 Å². The Morgan fingerprint density at radius 2 is 2.19 bits per heavy atom. The molecule has 8 heteroatoms. The number of hydrogen-bond acceptors (Lipinski definition) is 6. The Hall–Kier alpha value is -2.84. The van der Waals surface area contributed by atoms with Crippen molar-refractivity contribution in [2.75, 3.05) is 0 Å². The standard InChI is InChI=1S/C18H15N5OS2/c1-23-10-13(9-21-23)16-12(4-2-6-19-16)8-20-17(24)18-22-14(11-26-18)15-5-3-7-25-15/h2-7,9-11H,8H2,1H3,(H,20,24). The molecule has 26 heavy (non-hydrogen) atoms. The zero-order chi connectivity index (χ0) is 17.9. The van der Waals surface area contributed by atoms with Crippen molar-refractivity contribution in [1.29, 1.82) is 0 Å². The molecule has 4 aromatic rings. The third kappa shape index (κ3) is 3.42. The average molecular weight is 381 g/mol. The summed E-state index contributed by atoms with van der Waals surface area (Å²) in [7, 11) is 1.86. The molecule has 0 aromatic carbocycles. The van der Waals surface area contributed by atoms with Crippen LogP contribution in [0.5, 0.6) is 0 Å². The monoisotopic (exact) mass is 381 g/mol. The summed E-state index contributed by atoms with van der Waals surface area (Å²) in [4.78, 5) is 22.4. The number of nitrogens with zero attached hydrogens (tertiary/aromatic N) is 4. The average Bonchev–Trinajstić information content (AvgIpc) is 3.40. The van der Waals surface area contributed by atoms with Gasteiger partial charge in [0.15, 0.2) is 5.01 Å². The molecule has 4 aromatic heterocycles. The minimum absolute atomic E-state index is 0.182. The molecule has 0 atom stereocenters. The third-order valence-corrected chi connectivity index (χ3v) is 5.51.